The summed E-state index contributed by atoms with van der Waals surface area (Å²) in [6.45, 7) is 6.49. The molecule has 6 heteroatoms. The van der Waals surface area contributed by atoms with E-state index >= 15 is 0 Å². The van der Waals surface area contributed by atoms with Gasteiger partial charge in [0.05, 0.1) is 0 Å². The van der Waals surface area contributed by atoms with Gasteiger partial charge in [0.25, 0.3) is 0 Å². The molecule has 0 heterocycles. The second kappa shape index (κ2) is 55.4. The first-order valence-electron chi connectivity index (χ1n) is 28.4. The Morgan fingerprint density at radius 2 is 0.582 bits per heavy atom. The first kappa shape index (κ1) is 63.8. The first-order chi connectivity index (χ1) is 33.0. The lowest BCUT2D eigenvalue weighted by molar-refractivity contribution is -0.167. The number of allylic oxidation sites excluding steroid dienone is 12. The summed E-state index contributed by atoms with van der Waals surface area (Å²) in [6.07, 6.45) is 70.3. The molecule has 0 aliphatic heterocycles. The Bertz CT molecular complexity index is 1260. The molecule has 0 saturated heterocycles. The molecule has 0 radical (unpaired) electrons. The standard InChI is InChI=1S/C61H106O6/c1-4-7-10-13-16-19-22-25-28-29-30-31-34-36-39-42-45-48-51-54-60(63)66-57-58(67-61(64)55-52-49-46-43-40-37-33-27-24-21-18-15-12-9-6-3)56-65-59(62)53-50-47-44-41-38-35-32-26-23-20-17-14-11-8-5-2/h9,12,16,18-19,21,25-28,32-33,58H,4-8,10-11,13-15,17,20,22-24,29-31,34-57H2,1-3H3/b12-9-,19-16-,21-18-,28-25-,32-26-,33-27-. The van der Waals surface area contributed by atoms with E-state index < -0.39 is 6.10 Å². The van der Waals surface area contributed by atoms with Crippen molar-refractivity contribution in [1.29, 1.82) is 0 Å². The van der Waals surface area contributed by atoms with Gasteiger partial charge >= 0.3 is 17.9 Å². The average molecular weight is 936 g/mol. The Hall–Kier alpha value is -3.15. The molecule has 6 nitrogen and oxygen atoms in total. The van der Waals surface area contributed by atoms with Crippen molar-refractivity contribution in [1.82, 2.24) is 0 Å². The number of carbonyl (C=O) groups excluding carboxylic acids is 3. The molecule has 0 aromatic carbocycles. The normalized spacial score (nSPS) is 12.6. The molecule has 0 aromatic heterocycles. The highest BCUT2D eigenvalue weighted by atomic mass is 16.6. The van der Waals surface area contributed by atoms with Crippen molar-refractivity contribution in [2.45, 2.75) is 284 Å². The SMILES string of the molecule is CC/C=C\C/C=C\C/C=C\CCCCCCCC(=O)OC(COC(=O)CCCCCCC/C=C\CCCCCCCC)COC(=O)CCCCCCCCCCC/C=C\C/C=C\CCCCC. The number of unbranched alkanes of at least 4 members (excludes halogenated alkanes) is 28. The Morgan fingerprint density at radius 3 is 0.955 bits per heavy atom. The maximum absolute atomic E-state index is 12.8. The minimum atomic E-state index is -0.790. The van der Waals surface area contributed by atoms with E-state index in [1.54, 1.807) is 0 Å². The molecule has 67 heavy (non-hydrogen) atoms. The van der Waals surface area contributed by atoms with Gasteiger partial charge in [0, 0.05) is 19.3 Å². The van der Waals surface area contributed by atoms with Crippen molar-refractivity contribution in [2.24, 2.45) is 0 Å². The number of esters is 3. The van der Waals surface area contributed by atoms with Crippen molar-refractivity contribution in [2.75, 3.05) is 13.2 Å². The van der Waals surface area contributed by atoms with Crippen LogP contribution in [0.3, 0.4) is 0 Å². The largest absolute Gasteiger partial charge is 0.462 e. The minimum absolute atomic E-state index is 0.0869. The summed E-state index contributed by atoms with van der Waals surface area (Å²) in [5.74, 6) is -0.909. The van der Waals surface area contributed by atoms with Gasteiger partial charge in [-0.3, -0.25) is 14.4 Å². The van der Waals surface area contributed by atoms with Crippen molar-refractivity contribution in [3.05, 3.63) is 72.9 Å². The second-order valence-corrected chi connectivity index (χ2v) is 18.8. The Labute approximate surface area is 414 Å². The number of hydrogen-bond donors (Lipinski definition) is 0. The summed E-state index contributed by atoms with van der Waals surface area (Å²) in [6, 6.07) is 0. The fourth-order valence-corrected chi connectivity index (χ4v) is 7.89. The van der Waals surface area contributed by atoms with Gasteiger partial charge in [-0.15, -0.1) is 0 Å². The lowest BCUT2D eigenvalue weighted by atomic mass is 10.1. The minimum Gasteiger partial charge on any atom is -0.462 e. The molecule has 0 amide bonds. The predicted octanol–water partition coefficient (Wildman–Crippen LogP) is 19.0. The van der Waals surface area contributed by atoms with Gasteiger partial charge in [-0.2, -0.15) is 0 Å². The van der Waals surface area contributed by atoms with Crippen LogP contribution >= 0.6 is 0 Å². The van der Waals surface area contributed by atoms with Gasteiger partial charge in [0.1, 0.15) is 13.2 Å². The Kier molecular flexibility index (Phi) is 52.8. The molecule has 1 unspecified atom stereocenters. The highest BCUT2D eigenvalue weighted by Gasteiger charge is 2.19. The molecule has 386 valence electrons. The van der Waals surface area contributed by atoms with E-state index in [0.29, 0.717) is 19.3 Å². The molecule has 1 atom stereocenters. The van der Waals surface area contributed by atoms with Gasteiger partial charge in [-0.25, -0.2) is 0 Å². The van der Waals surface area contributed by atoms with Crippen molar-refractivity contribution in [3.63, 3.8) is 0 Å². The van der Waals surface area contributed by atoms with Crippen LogP contribution in [0.15, 0.2) is 72.9 Å². The summed E-state index contributed by atoms with van der Waals surface area (Å²) in [5, 5.41) is 0. The van der Waals surface area contributed by atoms with E-state index in [-0.39, 0.29) is 31.1 Å². The molecule has 0 spiro atoms. The lowest BCUT2D eigenvalue weighted by Gasteiger charge is -2.18. The first-order valence-corrected chi connectivity index (χ1v) is 28.4. The van der Waals surface area contributed by atoms with Crippen LogP contribution in [0.4, 0.5) is 0 Å². The highest BCUT2D eigenvalue weighted by molar-refractivity contribution is 5.71. The third-order valence-electron chi connectivity index (χ3n) is 12.2. The van der Waals surface area contributed by atoms with Crippen LogP contribution in [0.1, 0.15) is 278 Å². The fraction of sp³-hybridized carbons (Fsp3) is 0.754. The topological polar surface area (TPSA) is 78.9 Å². The summed E-state index contributed by atoms with van der Waals surface area (Å²) in [5.41, 5.74) is 0. The van der Waals surface area contributed by atoms with Gasteiger partial charge < -0.3 is 14.2 Å². The summed E-state index contributed by atoms with van der Waals surface area (Å²) in [4.78, 5) is 38.1. The van der Waals surface area contributed by atoms with Gasteiger partial charge in [0.2, 0.25) is 0 Å². The highest BCUT2D eigenvalue weighted by Crippen LogP contribution is 2.15. The molecule has 0 aliphatic rings. The van der Waals surface area contributed by atoms with Crippen LogP contribution in [0.2, 0.25) is 0 Å². The van der Waals surface area contributed by atoms with Crippen LogP contribution in [-0.4, -0.2) is 37.2 Å². The molecule has 0 bridgehead atoms. The molecule has 0 fully saturated rings. The van der Waals surface area contributed by atoms with Crippen LogP contribution in [0.25, 0.3) is 0 Å². The van der Waals surface area contributed by atoms with E-state index in [1.807, 2.05) is 0 Å². The summed E-state index contributed by atoms with van der Waals surface area (Å²) >= 11 is 0. The van der Waals surface area contributed by atoms with Gasteiger partial charge in [0.15, 0.2) is 6.10 Å². The number of hydrogen-bond acceptors (Lipinski definition) is 6. The van der Waals surface area contributed by atoms with E-state index in [4.69, 9.17) is 14.2 Å². The smallest absolute Gasteiger partial charge is 0.306 e. The molecule has 0 aromatic rings. The molecule has 0 N–H and O–H groups in total. The maximum atomic E-state index is 12.8. The van der Waals surface area contributed by atoms with Gasteiger partial charge in [-0.1, -0.05) is 222 Å². The zero-order valence-corrected chi connectivity index (χ0v) is 44.2. The average Bonchev–Trinajstić information content (AvgIpc) is 3.33. The molecule has 0 saturated carbocycles. The van der Waals surface area contributed by atoms with E-state index in [9.17, 15) is 14.4 Å². The van der Waals surface area contributed by atoms with Crippen LogP contribution < -0.4 is 0 Å². The van der Waals surface area contributed by atoms with E-state index in [1.165, 1.54) is 128 Å². The van der Waals surface area contributed by atoms with Gasteiger partial charge in [-0.05, 0) is 109 Å². The second-order valence-electron chi connectivity index (χ2n) is 18.8. The Balaban J connectivity index is 4.40. The van der Waals surface area contributed by atoms with Crippen molar-refractivity contribution < 1.29 is 28.6 Å². The summed E-state index contributed by atoms with van der Waals surface area (Å²) < 4.78 is 16.8. The quantitative estimate of drug-likeness (QED) is 0.0262. The zero-order valence-electron chi connectivity index (χ0n) is 44.2. The number of carbonyl (C=O) groups is 3. The van der Waals surface area contributed by atoms with Crippen LogP contribution in [-0.2, 0) is 28.6 Å². The van der Waals surface area contributed by atoms with Crippen LogP contribution in [0, 0.1) is 0 Å². The van der Waals surface area contributed by atoms with Crippen molar-refractivity contribution >= 4 is 17.9 Å². The summed E-state index contributed by atoms with van der Waals surface area (Å²) in [7, 11) is 0. The number of rotatable bonds is 51. The third kappa shape index (κ3) is 53.7. The number of ether oxygens (including phenoxy) is 3. The Morgan fingerprint density at radius 1 is 0.313 bits per heavy atom. The fourth-order valence-electron chi connectivity index (χ4n) is 7.89. The lowest BCUT2D eigenvalue weighted by Crippen LogP contribution is -2.30. The molecular weight excluding hydrogens is 829 g/mol. The maximum Gasteiger partial charge on any atom is 0.306 e. The van der Waals surface area contributed by atoms with E-state index in [2.05, 4.69) is 93.7 Å². The molecular formula is C61H106O6. The molecule has 0 rings (SSSR count). The monoisotopic (exact) mass is 935 g/mol. The van der Waals surface area contributed by atoms with E-state index in [0.717, 1.165) is 109 Å². The van der Waals surface area contributed by atoms with Crippen molar-refractivity contribution in [3.8, 4) is 0 Å². The third-order valence-corrected chi connectivity index (χ3v) is 12.2. The van der Waals surface area contributed by atoms with Crippen LogP contribution in [0.5, 0.6) is 0 Å². The zero-order chi connectivity index (χ0) is 48.6. The molecule has 0 aliphatic carbocycles. The predicted molar refractivity (Wildman–Crippen MR) is 288 cm³/mol.